The number of fused-ring (bicyclic) bond motifs is 1. The number of hydrogen-bond donors (Lipinski definition) is 2. The van der Waals surface area contributed by atoms with Gasteiger partial charge in [0.25, 0.3) is 5.91 Å². The number of halogens is 1. The average molecular weight is 486 g/mol. The number of rotatable bonds is 7. The third-order valence-electron chi connectivity index (χ3n) is 6.05. The van der Waals surface area contributed by atoms with Gasteiger partial charge in [-0.15, -0.1) is 5.10 Å². The van der Waals surface area contributed by atoms with E-state index in [0.29, 0.717) is 29.7 Å². The quantitative estimate of drug-likeness (QED) is 0.340. The molecule has 0 aliphatic carbocycles. The Bertz CT molecular complexity index is 1490. The van der Waals surface area contributed by atoms with Crippen molar-refractivity contribution < 1.29 is 14.3 Å². The monoisotopic (exact) mass is 485 g/mol. The smallest absolute Gasteiger partial charge is 0.262 e. The number of amides is 1. The van der Waals surface area contributed by atoms with E-state index in [1.54, 1.807) is 9.25 Å². The van der Waals surface area contributed by atoms with Crippen LogP contribution in [-0.2, 0) is 18.7 Å². The number of carbonyl (C=O) groups excluding carboxylic acids is 1. The van der Waals surface area contributed by atoms with Crippen LogP contribution < -0.4 is 5.32 Å². The number of anilines is 1. The van der Waals surface area contributed by atoms with Crippen LogP contribution in [0, 0.1) is 5.95 Å². The first-order valence-corrected chi connectivity index (χ1v) is 11.6. The molecule has 10 heteroatoms. The molecule has 0 aliphatic rings. The van der Waals surface area contributed by atoms with Gasteiger partial charge in [0.1, 0.15) is 6.33 Å². The molecule has 1 amide bonds. The van der Waals surface area contributed by atoms with Gasteiger partial charge in [0.2, 0.25) is 11.9 Å². The van der Waals surface area contributed by atoms with Gasteiger partial charge in [-0.2, -0.15) is 9.37 Å². The lowest BCUT2D eigenvalue weighted by Gasteiger charge is -2.29. The molecule has 5 rings (SSSR count). The van der Waals surface area contributed by atoms with Gasteiger partial charge in [-0.25, -0.2) is 9.97 Å². The first kappa shape index (κ1) is 23.3. The van der Waals surface area contributed by atoms with Crippen molar-refractivity contribution in [1.82, 2.24) is 29.3 Å². The second-order valence-corrected chi connectivity index (χ2v) is 8.17. The molecule has 0 aliphatic heterocycles. The highest BCUT2D eigenvalue weighted by atomic mass is 19.1. The molecule has 2 N–H and O–H groups in total. The van der Waals surface area contributed by atoms with Crippen LogP contribution in [0.3, 0.4) is 0 Å². The fourth-order valence-electron chi connectivity index (χ4n) is 4.24. The van der Waals surface area contributed by atoms with Gasteiger partial charge in [0.05, 0.1) is 11.1 Å². The molecule has 3 aromatic heterocycles. The van der Waals surface area contributed by atoms with Crippen molar-refractivity contribution in [3.05, 3.63) is 102 Å². The molecule has 36 heavy (non-hydrogen) atoms. The maximum Gasteiger partial charge on any atom is 0.262 e. The fourth-order valence-corrected chi connectivity index (χ4v) is 4.24. The number of imidazole rings is 1. The Kier molecular flexibility index (Phi) is 6.03. The second-order valence-electron chi connectivity index (χ2n) is 8.17. The molecule has 0 saturated carbocycles. The summed E-state index contributed by atoms with van der Waals surface area (Å²) in [5, 5.41) is 18.8. The molecule has 0 fully saturated rings. The van der Waals surface area contributed by atoms with Crippen molar-refractivity contribution in [2.75, 3.05) is 5.32 Å². The molecular formula is C26H24FN7O2. The number of nitrogens with zero attached hydrogens (tertiary/aromatic N) is 6. The maximum absolute atomic E-state index is 15.0. The molecular weight excluding hydrogens is 461 g/mol. The van der Waals surface area contributed by atoms with E-state index < -0.39 is 17.5 Å². The number of hydrogen-bond acceptors (Lipinski definition) is 6. The zero-order valence-electron chi connectivity index (χ0n) is 19.8. The molecule has 2 aromatic carbocycles. The average Bonchev–Trinajstić information content (AvgIpc) is 3.52. The summed E-state index contributed by atoms with van der Waals surface area (Å²) in [4.78, 5) is 25.4. The van der Waals surface area contributed by atoms with Crippen molar-refractivity contribution in [3.63, 3.8) is 0 Å². The number of benzene rings is 2. The molecule has 0 unspecified atom stereocenters. The fraction of sp³-hybridized carbons (Fsp3) is 0.192. The topological polar surface area (TPSA) is 111 Å². The molecule has 3 heterocycles. The second kappa shape index (κ2) is 9.31. The first-order valence-electron chi connectivity index (χ1n) is 11.6. The normalized spacial score (nSPS) is 11.7. The Morgan fingerprint density at radius 2 is 1.64 bits per heavy atom. The minimum atomic E-state index is -1.64. The summed E-state index contributed by atoms with van der Waals surface area (Å²) in [5.41, 5.74) is -0.237. The lowest BCUT2D eigenvalue weighted by molar-refractivity contribution is 0.102. The Hall–Kier alpha value is -4.44. The van der Waals surface area contributed by atoms with Crippen molar-refractivity contribution in [1.29, 1.82) is 0 Å². The molecule has 0 atom stereocenters. The lowest BCUT2D eigenvalue weighted by atomic mass is 9.85. The standard InChI is InChI=1S/C26H24FN7O2/c1-3-33-16-28-25(32-33)31-23(35)19-15-20-22(29-21(19)27)30-24(34(20)4-2)26(36,17-11-7-5-8-12-17)18-13-9-6-10-14-18/h5-16,36H,3-4H2,1-2H3,(H,31,32,35). The molecule has 182 valence electrons. The van der Waals surface area contributed by atoms with Gasteiger partial charge in [0, 0.05) is 13.1 Å². The van der Waals surface area contributed by atoms with Crippen molar-refractivity contribution >= 4 is 23.0 Å². The van der Waals surface area contributed by atoms with Crippen LogP contribution in [-0.4, -0.2) is 40.3 Å². The number of nitrogens with one attached hydrogen (secondary N) is 1. The highest BCUT2D eigenvalue weighted by molar-refractivity contribution is 6.04. The van der Waals surface area contributed by atoms with Crippen molar-refractivity contribution in [3.8, 4) is 0 Å². The Morgan fingerprint density at radius 3 is 2.19 bits per heavy atom. The van der Waals surface area contributed by atoms with Crippen LogP contribution >= 0.6 is 0 Å². The predicted octanol–water partition coefficient (Wildman–Crippen LogP) is 3.74. The van der Waals surface area contributed by atoms with E-state index in [1.165, 1.54) is 12.4 Å². The molecule has 0 bridgehead atoms. The molecule has 0 radical (unpaired) electrons. The van der Waals surface area contributed by atoms with Crippen molar-refractivity contribution in [2.24, 2.45) is 0 Å². The lowest BCUT2D eigenvalue weighted by Crippen LogP contribution is -2.32. The van der Waals surface area contributed by atoms with E-state index in [-0.39, 0.29) is 23.0 Å². The summed E-state index contributed by atoms with van der Waals surface area (Å²) in [6.45, 7) is 4.73. The SMILES string of the molecule is CCn1cnc(NC(=O)c2cc3c(nc2F)nc(C(O)(c2ccccc2)c2ccccc2)n3CC)n1. The third-order valence-corrected chi connectivity index (χ3v) is 6.05. The summed E-state index contributed by atoms with van der Waals surface area (Å²) in [5.74, 6) is -1.38. The number of aromatic nitrogens is 6. The van der Waals surface area contributed by atoms with Gasteiger partial charge in [-0.1, -0.05) is 60.7 Å². The zero-order valence-corrected chi connectivity index (χ0v) is 19.8. The van der Waals surface area contributed by atoms with Crippen LogP contribution in [0.15, 0.2) is 73.1 Å². The van der Waals surface area contributed by atoms with Crippen molar-refractivity contribution in [2.45, 2.75) is 32.5 Å². The summed E-state index contributed by atoms with van der Waals surface area (Å²) in [6.07, 6.45) is 1.47. The van der Waals surface area contributed by atoms with E-state index in [9.17, 15) is 9.90 Å². The molecule has 0 saturated heterocycles. The maximum atomic E-state index is 15.0. The molecule has 5 aromatic rings. The Morgan fingerprint density at radius 1 is 1.00 bits per heavy atom. The Labute approximate surface area is 206 Å². The van der Waals surface area contributed by atoms with Gasteiger partial charge in [0.15, 0.2) is 17.1 Å². The van der Waals surface area contributed by atoms with E-state index in [1.807, 2.05) is 74.5 Å². The molecule has 9 nitrogen and oxygen atoms in total. The van der Waals surface area contributed by atoms with Crippen LogP contribution in [0.1, 0.15) is 41.2 Å². The number of aryl methyl sites for hydroxylation is 2. The van der Waals surface area contributed by atoms with E-state index >= 15 is 4.39 Å². The zero-order chi connectivity index (χ0) is 25.3. The van der Waals surface area contributed by atoms with E-state index in [2.05, 4.69) is 25.4 Å². The summed E-state index contributed by atoms with van der Waals surface area (Å²) in [6, 6.07) is 19.7. The van der Waals surface area contributed by atoms with Crippen LogP contribution in [0.5, 0.6) is 0 Å². The van der Waals surface area contributed by atoms with Crippen LogP contribution in [0.2, 0.25) is 0 Å². The summed E-state index contributed by atoms with van der Waals surface area (Å²) in [7, 11) is 0. The molecule has 0 spiro atoms. The number of pyridine rings is 1. The number of aliphatic hydroxyl groups is 1. The van der Waals surface area contributed by atoms with Crippen LogP contribution in [0.25, 0.3) is 11.2 Å². The van der Waals surface area contributed by atoms with Gasteiger partial charge < -0.3 is 9.67 Å². The van der Waals surface area contributed by atoms with Gasteiger partial charge in [-0.3, -0.25) is 14.8 Å². The number of carbonyl (C=O) groups is 1. The highest BCUT2D eigenvalue weighted by Gasteiger charge is 2.39. The predicted molar refractivity (Wildman–Crippen MR) is 132 cm³/mol. The van der Waals surface area contributed by atoms with Gasteiger partial charge in [-0.05, 0) is 31.0 Å². The highest BCUT2D eigenvalue weighted by Crippen LogP contribution is 2.37. The van der Waals surface area contributed by atoms with Crippen LogP contribution in [0.4, 0.5) is 10.3 Å². The van der Waals surface area contributed by atoms with E-state index in [0.717, 1.165) is 0 Å². The van der Waals surface area contributed by atoms with Gasteiger partial charge >= 0.3 is 0 Å². The minimum Gasteiger partial charge on any atom is -0.373 e. The summed E-state index contributed by atoms with van der Waals surface area (Å²) >= 11 is 0. The first-order chi connectivity index (χ1) is 17.5. The Balaban J connectivity index is 1.65. The third kappa shape index (κ3) is 3.91. The van der Waals surface area contributed by atoms with E-state index in [4.69, 9.17) is 0 Å². The largest absolute Gasteiger partial charge is 0.373 e. The summed E-state index contributed by atoms with van der Waals surface area (Å²) < 4.78 is 18.3. The minimum absolute atomic E-state index is 0.0635.